The van der Waals surface area contributed by atoms with Crippen molar-refractivity contribution in [1.82, 2.24) is 9.78 Å². The summed E-state index contributed by atoms with van der Waals surface area (Å²) >= 11 is 0. The number of allylic oxidation sites excluding steroid dienone is 1. The van der Waals surface area contributed by atoms with Gasteiger partial charge in [0.05, 0.1) is 29.0 Å². The van der Waals surface area contributed by atoms with Crippen molar-refractivity contribution in [2.75, 3.05) is 18.2 Å². The van der Waals surface area contributed by atoms with Gasteiger partial charge in [-0.2, -0.15) is 10.2 Å². The quantitative estimate of drug-likeness (QED) is 0.760. The molecule has 3 aromatic rings. The molecule has 1 N–H and O–H groups in total. The summed E-state index contributed by atoms with van der Waals surface area (Å²) in [6.45, 7) is 1.10. The molecule has 0 unspecified atom stereocenters. The van der Waals surface area contributed by atoms with Crippen molar-refractivity contribution in [3.05, 3.63) is 72.7 Å². The highest BCUT2D eigenvalue weighted by atomic mass is 16.6. The number of hydrogen-bond acceptors (Lipinski definition) is 6. The maximum Gasteiger partial charge on any atom is 0.163 e. The second-order valence-electron chi connectivity index (χ2n) is 6.46. The van der Waals surface area contributed by atoms with Crippen LogP contribution in [-0.2, 0) is 0 Å². The first kappa shape index (κ1) is 16.4. The molecule has 0 atom stereocenters. The molecule has 3 heterocycles. The Labute approximate surface area is 161 Å². The minimum Gasteiger partial charge on any atom is -0.508 e. The van der Waals surface area contributed by atoms with Crippen LogP contribution in [0.3, 0.4) is 0 Å². The number of benzene rings is 2. The Morgan fingerprint density at radius 1 is 0.929 bits per heavy atom. The number of fused-ring (bicyclic) bond motifs is 1. The van der Waals surface area contributed by atoms with Crippen molar-refractivity contribution in [2.45, 2.75) is 6.42 Å². The van der Waals surface area contributed by atoms with Gasteiger partial charge in [-0.3, -0.25) is 0 Å². The monoisotopic (exact) mass is 374 g/mol. The van der Waals surface area contributed by atoms with Crippen molar-refractivity contribution >= 4 is 11.4 Å². The van der Waals surface area contributed by atoms with Crippen molar-refractivity contribution in [3.8, 4) is 22.9 Å². The Hall–Kier alpha value is -3.74. The fraction of sp³-hybridized carbons (Fsp3) is 0.143. The van der Waals surface area contributed by atoms with Crippen LogP contribution in [0.4, 0.5) is 5.69 Å². The number of nitrogens with zero attached hydrogens (tertiary/aromatic N) is 4. The normalized spacial score (nSPS) is 15.4. The Morgan fingerprint density at radius 2 is 1.82 bits per heavy atom. The van der Waals surface area contributed by atoms with Gasteiger partial charge in [0, 0.05) is 24.8 Å². The van der Waals surface area contributed by atoms with Crippen LogP contribution in [0.25, 0.3) is 5.69 Å². The van der Waals surface area contributed by atoms with Gasteiger partial charge < -0.3 is 14.6 Å². The fourth-order valence-corrected chi connectivity index (χ4v) is 3.29. The molecule has 0 saturated carbocycles. The molecule has 140 valence electrons. The summed E-state index contributed by atoms with van der Waals surface area (Å²) in [5.41, 5.74) is 3.44. The highest BCUT2D eigenvalue weighted by molar-refractivity contribution is 6.01. The Balaban J connectivity index is 1.50. The van der Waals surface area contributed by atoms with Crippen LogP contribution in [0.1, 0.15) is 12.1 Å². The van der Waals surface area contributed by atoms with E-state index in [0.29, 0.717) is 19.6 Å². The molecule has 0 spiro atoms. The lowest BCUT2D eigenvalue weighted by Crippen LogP contribution is -2.19. The molecule has 0 saturated heterocycles. The molecule has 2 aliphatic heterocycles. The van der Waals surface area contributed by atoms with Crippen LogP contribution in [-0.4, -0.2) is 33.8 Å². The van der Waals surface area contributed by atoms with E-state index in [1.807, 2.05) is 47.3 Å². The molecule has 0 amide bonds. The van der Waals surface area contributed by atoms with Gasteiger partial charge in [-0.25, -0.2) is 9.69 Å². The third kappa shape index (κ3) is 2.96. The zero-order chi connectivity index (χ0) is 18.9. The van der Waals surface area contributed by atoms with Gasteiger partial charge in [-0.05, 0) is 30.3 Å². The smallest absolute Gasteiger partial charge is 0.163 e. The summed E-state index contributed by atoms with van der Waals surface area (Å²) < 4.78 is 13.1. The van der Waals surface area contributed by atoms with Crippen molar-refractivity contribution in [2.24, 2.45) is 5.10 Å². The van der Waals surface area contributed by atoms with Crippen molar-refractivity contribution in [1.29, 1.82) is 0 Å². The first-order valence-corrected chi connectivity index (χ1v) is 9.05. The first-order chi connectivity index (χ1) is 13.8. The third-order valence-electron chi connectivity index (χ3n) is 4.59. The van der Waals surface area contributed by atoms with E-state index in [1.54, 1.807) is 29.4 Å². The number of phenols is 1. The lowest BCUT2D eigenvalue weighted by Gasteiger charge is -2.21. The molecule has 0 aliphatic carbocycles. The highest BCUT2D eigenvalue weighted by Gasteiger charge is 2.18. The highest BCUT2D eigenvalue weighted by Crippen LogP contribution is 2.32. The predicted molar refractivity (Wildman–Crippen MR) is 105 cm³/mol. The van der Waals surface area contributed by atoms with Crippen LogP contribution in [0.15, 0.2) is 72.1 Å². The Kier molecular flexibility index (Phi) is 3.97. The van der Waals surface area contributed by atoms with Gasteiger partial charge in [0.15, 0.2) is 11.5 Å². The van der Waals surface area contributed by atoms with Gasteiger partial charge in [-0.1, -0.05) is 12.1 Å². The standard InChI is InChI=1S/C21H18N4O3/c26-17-4-1-3-15(13-17)24-10-2-5-18(23-24)19-8-9-22-25(19)16-6-7-20-21(14-16)28-12-11-27-20/h1-4,6-10,13-14,26H,5,11-12H2. The molecule has 28 heavy (non-hydrogen) atoms. The molecule has 1 aromatic heterocycles. The minimum absolute atomic E-state index is 0.203. The molecular weight excluding hydrogens is 356 g/mol. The summed E-state index contributed by atoms with van der Waals surface area (Å²) in [6.07, 6.45) is 6.37. The summed E-state index contributed by atoms with van der Waals surface area (Å²) in [7, 11) is 0. The van der Waals surface area contributed by atoms with Crippen LogP contribution < -0.4 is 14.5 Å². The molecule has 0 bridgehead atoms. The maximum absolute atomic E-state index is 9.75. The zero-order valence-electron chi connectivity index (χ0n) is 15.0. The van der Waals surface area contributed by atoms with E-state index in [1.165, 1.54) is 0 Å². The van der Waals surface area contributed by atoms with Crippen LogP contribution >= 0.6 is 0 Å². The van der Waals surface area contributed by atoms with E-state index in [4.69, 9.17) is 14.6 Å². The molecule has 5 rings (SSSR count). The molecule has 0 fully saturated rings. The molecule has 2 aliphatic rings. The average Bonchev–Trinajstić information content (AvgIpc) is 3.23. The van der Waals surface area contributed by atoms with Gasteiger partial charge in [-0.15, -0.1) is 0 Å². The zero-order valence-corrected chi connectivity index (χ0v) is 15.0. The third-order valence-corrected chi connectivity index (χ3v) is 4.59. The lowest BCUT2D eigenvalue weighted by atomic mass is 10.1. The molecule has 0 radical (unpaired) electrons. The number of hydrazone groups is 1. The van der Waals surface area contributed by atoms with Gasteiger partial charge >= 0.3 is 0 Å². The lowest BCUT2D eigenvalue weighted by molar-refractivity contribution is 0.171. The van der Waals surface area contributed by atoms with E-state index in [0.717, 1.165) is 34.3 Å². The second-order valence-corrected chi connectivity index (χ2v) is 6.46. The molecule has 7 heteroatoms. The molecule has 2 aromatic carbocycles. The number of aromatic hydroxyl groups is 1. The van der Waals surface area contributed by atoms with Gasteiger partial charge in [0.25, 0.3) is 0 Å². The SMILES string of the molecule is Oc1cccc(N2C=CCC(c3ccnn3-c3ccc4c(c3)OCCO4)=N2)c1. The summed E-state index contributed by atoms with van der Waals surface area (Å²) in [4.78, 5) is 0. The van der Waals surface area contributed by atoms with Crippen LogP contribution in [0.5, 0.6) is 17.2 Å². The fourth-order valence-electron chi connectivity index (χ4n) is 3.29. The maximum atomic E-state index is 9.75. The van der Waals surface area contributed by atoms with Crippen LogP contribution in [0.2, 0.25) is 0 Å². The first-order valence-electron chi connectivity index (χ1n) is 9.05. The minimum atomic E-state index is 0.203. The topological polar surface area (TPSA) is 72.1 Å². The summed E-state index contributed by atoms with van der Waals surface area (Å²) in [6, 6.07) is 14.7. The predicted octanol–water partition coefficient (Wildman–Crippen LogP) is 3.48. The average molecular weight is 374 g/mol. The number of phenolic OH excluding ortho intramolecular Hbond substituents is 1. The van der Waals surface area contributed by atoms with Crippen LogP contribution in [0, 0.1) is 0 Å². The van der Waals surface area contributed by atoms with Gasteiger partial charge in [0.2, 0.25) is 0 Å². The number of rotatable bonds is 3. The number of aromatic nitrogens is 2. The van der Waals surface area contributed by atoms with E-state index in [2.05, 4.69) is 5.10 Å². The number of anilines is 1. The number of hydrogen-bond donors (Lipinski definition) is 1. The number of ether oxygens (including phenoxy) is 2. The largest absolute Gasteiger partial charge is 0.508 e. The molecular formula is C21H18N4O3. The summed E-state index contributed by atoms with van der Waals surface area (Å²) in [5, 5.41) is 20.7. The van der Waals surface area contributed by atoms with E-state index in [9.17, 15) is 5.11 Å². The molecule has 7 nitrogen and oxygen atoms in total. The van der Waals surface area contributed by atoms with Crippen molar-refractivity contribution < 1.29 is 14.6 Å². The van der Waals surface area contributed by atoms with E-state index < -0.39 is 0 Å². The second kappa shape index (κ2) is 6.77. The Morgan fingerprint density at radius 3 is 2.71 bits per heavy atom. The van der Waals surface area contributed by atoms with Crippen molar-refractivity contribution in [3.63, 3.8) is 0 Å². The van der Waals surface area contributed by atoms with Gasteiger partial charge in [0.1, 0.15) is 19.0 Å². The van der Waals surface area contributed by atoms with E-state index in [-0.39, 0.29) is 5.75 Å². The summed E-state index contributed by atoms with van der Waals surface area (Å²) in [5.74, 6) is 1.67. The van der Waals surface area contributed by atoms with E-state index >= 15 is 0 Å². The Bertz CT molecular complexity index is 1090.